The van der Waals surface area contributed by atoms with E-state index in [1.807, 2.05) is 37.9 Å². The summed E-state index contributed by atoms with van der Waals surface area (Å²) in [6.07, 6.45) is -2.00. The first-order valence-electron chi connectivity index (χ1n) is 13.6. The predicted octanol–water partition coefficient (Wildman–Crippen LogP) is 4.89. The number of carbonyl (C=O) groups is 2. The van der Waals surface area contributed by atoms with Gasteiger partial charge in [-0.15, -0.1) is 0 Å². The number of piperazine rings is 1. The van der Waals surface area contributed by atoms with E-state index in [0.29, 0.717) is 40.2 Å². The number of nitrogens with zero attached hydrogens (tertiary/aromatic N) is 5. The van der Waals surface area contributed by atoms with E-state index in [0.717, 1.165) is 30.8 Å². The molecule has 1 aliphatic heterocycles. The minimum Gasteiger partial charge on any atom is -0.453 e. The van der Waals surface area contributed by atoms with E-state index in [-0.39, 0.29) is 11.3 Å². The summed E-state index contributed by atoms with van der Waals surface area (Å²) in [4.78, 5) is 35.6. The fourth-order valence-corrected chi connectivity index (χ4v) is 5.41. The number of halogens is 3. The Kier molecular flexibility index (Phi) is 10.0. The Morgan fingerprint density at radius 2 is 1.80 bits per heavy atom. The van der Waals surface area contributed by atoms with Crippen LogP contribution in [0.5, 0.6) is 0 Å². The third-order valence-corrected chi connectivity index (χ3v) is 7.95. The van der Waals surface area contributed by atoms with Crippen molar-refractivity contribution in [3.8, 4) is 0 Å². The van der Waals surface area contributed by atoms with Gasteiger partial charge in [0, 0.05) is 69.6 Å². The number of likely N-dealkylation sites (N-methyl/N-ethyl adjacent to an activating group) is 1. The normalized spacial score (nSPS) is 14.3. The zero-order chi connectivity index (χ0) is 32.2. The van der Waals surface area contributed by atoms with Crippen LogP contribution < -0.4 is 26.4 Å². The molecule has 4 N–H and O–H groups in total. The van der Waals surface area contributed by atoms with Gasteiger partial charge in [0.2, 0.25) is 0 Å². The fourth-order valence-electron chi connectivity index (χ4n) is 4.52. The number of nitrogens with one attached hydrogen (secondary N) is 2. The molecule has 2 amide bonds. The number of alkyl halides is 3. The average molecular weight is 633 g/mol. The van der Waals surface area contributed by atoms with Crippen LogP contribution in [0.1, 0.15) is 26.4 Å². The highest BCUT2D eigenvalue weighted by atomic mass is 32.1. The van der Waals surface area contributed by atoms with E-state index >= 15 is 0 Å². The maximum atomic E-state index is 13.8. The number of thiazole rings is 1. The van der Waals surface area contributed by atoms with Crippen molar-refractivity contribution < 1.29 is 27.5 Å². The third-order valence-electron chi connectivity index (χ3n) is 7.02. The number of anilines is 4. The van der Waals surface area contributed by atoms with E-state index in [1.165, 1.54) is 23.5 Å². The molecule has 0 spiro atoms. The molecule has 1 aliphatic rings. The minimum atomic E-state index is -4.58. The highest BCUT2D eigenvalue weighted by Gasteiger charge is 2.32. The van der Waals surface area contributed by atoms with Gasteiger partial charge in [0.15, 0.2) is 5.13 Å². The summed E-state index contributed by atoms with van der Waals surface area (Å²) >= 11 is 1.21. The van der Waals surface area contributed by atoms with Crippen LogP contribution in [0.25, 0.3) is 5.70 Å². The quantitative estimate of drug-likeness (QED) is 0.236. The molecule has 1 saturated heterocycles. The summed E-state index contributed by atoms with van der Waals surface area (Å²) in [5, 5.41) is 6.85. The molecule has 11 nitrogen and oxygen atoms in total. The molecule has 3 aromatic rings. The van der Waals surface area contributed by atoms with Crippen molar-refractivity contribution >= 4 is 51.2 Å². The van der Waals surface area contributed by atoms with Crippen LogP contribution >= 0.6 is 11.3 Å². The van der Waals surface area contributed by atoms with Gasteiger partial charge < -0.3 is 24.8 Å². The van der Waals surface area contributed by atoms with Gasteiger partial charge in [0.25, 0.3) is 5.91 Å². The molecule has 4 rings (SSSR count). The first-order valence-corrected chi connectivity index (χ1v) is 14.4. The van der Waals surface area contributed by atoms with Gasteiger partial charge in [-0.25, -0.2) is 15.6 Å². The molecule has 0 unspecified atom stereocenters. The first kappa shape index (κ1) is 32.6. The molecule has 15 heteroatoms. The van der Waals surface area contributed by atoms with E-state index < -0.39 is 23.7 Å². The van der Waals surface area contributed by atoms with Gasteiger partial charge in [-0.2, -0.15) is 13.2 Å². The summed E-state index contributed by atoms with van der Waals surface area (Å²) in [5.41, 5.74) is 1.73. The summed E-state index contributed by atoms with van der Waals surface area (Å²) < 4.78 is 46.0. The van der Waals surface area contributed by atoms with Crippen molar-refractivity contribution in [3.05, 3.63) is 70.4 Å². The van der Waals surface area contributed by atoms with Gasteiger partial charge in [0.1, 0.15) is 0 Å². The average Bonchev–Trinajstić information content (AvgIpc) is 3.43. The SMILES string of the molecule is COC(=O)Nc1ncc(/C(=C/N(N)c2cc(C(=O)Nc3cc(N4CCN(C)CC4)cc(C(F)(F)F)c3)ccc2C)N(C)C)s1. The van der Waals surface area contributed by atoms with Crippen LogP contribution in [-0.2, 0) is 10.9 Å². The molecule has 0 bridgehead atoms. The second-order valence-corrected chi connectivity index (χ2v) is 11.5. The Labute approximate surface area is 257 Å². The topological polar surface area (TPSA) is 119 Å². The van der Waals surface area contributed by atoms with Crippen molar-refractivity contribution in [1.82, 2.24) is 14.8 Å². The number of ether oxygens (including phenoxy) is 1. The molecular weight excluding hydrogens is 597 g/mol. The van der Waals surface area contributed by atoms with Crippen molar-refractivity contribution in [1.29, 1.82) is 0 Å². The highest BCUT2D eigenvalue weighted by molar-refractivity contribution is 7.16. The number of carbonyl (C=O) groups excluding carboxylic acids is 2. The van der Waals surface area contributed by atoms with Crippen LogP contribution in [0.4, 0.5) is 40.2 Å². The molecule has 1 aromatic heterocycles. The molecule has 44 heavy (non-hydrogen) atoms. The largest absolute Gasteiger partial charge is 0.453 e. The zero-order valence-electron chi connectivity index (χ0n) is 25.0. The molecule has 2 aromatic carbocycles. The monoisotopic (exact) mass is 632 g/mol. The number of aromatic nitrogens is 1. The predicted molar refractivity (Wildman–Crippen MR) is 167 cm³/mol. The standard InChI is InChI=1S/C29H35F3N8O3S/c1-18-6-7-19(12-23(18)40(33)17-24(37(2)3)25-16-34-27(44-25)36-28(42)43-5)26(41)35-21-13-20(29(30,31)32)14-22(15-21)39-10-8-38(4)9-11-39/h6-7,12-17H,8-11,33H2,1-5H3,(H,35,41)(H,34,36,42)/b24-17-. The fraction of sp³-hybridized carbons (Fsp3) is 0.345. The second-order valence-electron chi connectivity index (χ2n) is 10.5. The lowest BCUT2D eigenvalue weighted by Gasteiger charge is -2.34. The molecule has 236 valence electrons. The molecule has 2 heterocycles. The number of rotatable bonds is 8. The van der Waals surface area contributed by atoms with E-state index in [4.69, 9.17) is 5.84 Å². The Balaban J connectivity index is 1.59. The smallest absolute Gasteiger partial charge is 0.416 e. The lowest BCUT2D eigenvalue weighted by Crippen LogP contribution is -2.44. The van der Waals surface area contributed by atoms with Gasteiger partial charge in [-0.1, -0.05) is 17.4 Å². The number of amides is 2. The summed E-state index contributed by atoms with van der Waals surface area (Å²) in [6, 6.07) is 8.48. The molecular formula is C29H35F3N8O3S. The van der Waals surface area contributed by atoms with Crippen LogP contribution in [0.2, 0.25) is 0 Å². The van der Waals surface area contributed by atoms with E-state index in [2.05, 4.69) is 25.3 Å². The Hall–Kier alpha value is -4.34. The van der Waals surface area contributed by atoms with Gasteiger partial charge in [0.05, 0.1) is 28.9 Å². The maximum absolute atomic E-state index is 13.8. The number of hydrogen-bond donors (Lipinski definition) is 3. The first-order chi connectivity index (χ1) is 20.7. The maximum Gasteiger partial charge on any atom is 0.416 e. The van der Waals surface area contributed by atoms with Crippen LogP contribution in [0, 0.1) is 6.92 Å². The Morgan fingerprint density at radius 1 is 1.09 bits per heavy atom. The number of aryl methyl sites for hydroxylation is 1. The third kappa shape index (κ3) is 7.98. The Morgan fingerprint density at radius 3 is 2.43 bits per heavy atom. The van der Waals surface area contributed by atoms with Gasteiger partial charge in [-0.05, 0) is 49.9 Å². The second kappa shape index (κ2) is 13.5. The molecule has 1 fully saturated rings. The number of hydrazine groups is 1. The van der Waals surface area contributed by atoms with Crippen LogP contribution in [0.3, 0.4) is 0 Å². The van der Waals surface area contributed by atoms with Crippen molar-refractivity contribution in [2.75, 3.05) is 75.0 Å². The number of benzene rings is 2. The minimum absolute atomic E-state index is 0.0434. The zero-order valence-corrected chi connectivity index (χ0v) is 25.8. The number of hydrogen-bond acceptors (Lipinski definition) is 10. The van der Waals surface area contributed by atoms with Gasteiger partial charge in [-0.3, -0.25) is 15.1 Å². The molecule has 0 saturated carbocycles. The lowest BCUT2D eigenvalue weighted by atomic mass is 10.1. The summed E-state index contributed by atoms with van der Waals surface area (Å²) in [5.74, 6) is 5.86. The van der Waals surface area contributed by atoms with Crippen molar-refractivity contribution in [3.63, 3.8) is 0 Å². The highest BCUT2D eigenvalue weighted by Crippen LogP contribution is 2.35. The molecule has 0 radical (unpaired) electrons. The molecule has 0 atom stereocenters. The van der Waals surface area contributed by atoms with Gasteiger partial charge >= 0.3 is 12.3 Å². The van der Waals surface area contributed by atoms with Crippen molar-refractivity contribution in [2.24, 2.45) is 5.84 Å². The van der Waals surface area contributed by atoms with Crippen molar-refractivity contribution in [2.45, 2.75) is 13.1 Å². The van der Waals surface area contributed by atoms with Crippen LogP contribution in [0.15, 0.2) is 48.8 Å². The van der Waals surface area contributed by atoms with E-state index in [1.54, 1.807) is 36.7 Å². The summed E-state index contributed by atoms with van der Waals surface area (Å²) in [7, 11) is 6.85. The van der Waals surface area contributed by atoms with Crippen LogP contribution in [-0.4, -0.2) is 81.2 Å². The molecule has 0 aliphatic carbocycles. The summed E-state index contributed by atoms with van der Waals surface area (Å²) in [6.45, 7) is 4.41. The van der Waals surface area contributed by atoms with E-state index in [9.17, 15) is 22.8 Å². The number of nitrogens with two attached hydrogens (primary N) is 1. The number of methoxy groups -OCH3 is 1. The lowest BCUT2D eigenvalue weighted by molar-refractivity contribution is -0.137. The Bertz CT molecular complexity index is 1530.